The molecule has 1 heterocycles. The number of carbonyl (C=O) groups excluding carboxylic acids is 1. The molecule has 26 heavy (non-hydrogen) atoms. The minimum Gasteiger partial charge on any atom is -0.337 e. The number of halogens is 2. The molecule has 1 amide bonds. The molecule has 1 aliphatic heterocycles. The van der Waals surface area contributed by atoms with Crippen molar-refractivity contribution in [2.75, 3.05) is 26.2 Å². The maximum absolute atomic E-state index is 13.0. The van der Waals surface area contributed by atoms with E-state index in [9.17, 15) is 9.18 Å². The molecule has 2 aromatic rings. The van der Waals surface area contributed by atoms with E-state index in [4.69, 9.17) is 5.73 Å². The van der Waals surface area contributed by atoms with E-state index in [1.165, 1.54) is 12.1 Å². The van der Waals surface area contributed by atoms with Crippen molar-refractivity contribution in [1.29, 1.82) is 0 Å². The molecule has 1 fully saturated rings. The van der Waals surface area contributed by atoms with Gasteiger partial charge in [0.05, 0.1) is 0 Å². The second kappa shape index (κ2) is 9.67. The highest BCUT2D eigenvalue weighted by Crippen LogP contribution is 2.13. The number of nitrogens with two attached hydrogens (primary N) is 1. The summed E-state index contributed by atoms with van der Waals surface area (Å²) in [5, 5.41) is 0. The van der Waals surface area contributed by atoms with Crippen LogP contribution < -0.4 is 5.73 Å². The van der Waals surface area contributed by atoms with E-state index >= 15 is 0 Å². The summed E-state index contributed by atoms with van der Waals surface area (Å²) in [6.45, 7) is 4.50. The Labute approximate surface area is 160 Å². The molecule has 140 valence electrons. The second-order valence-corrected chi connectivity index (χ2v) is 6.45. The lowest BCUT2D eigenvalue weighted by molar-refractivity contribution is 0.0761. The first kappa shape index (κ1) is 20.4. The van der Waals surface area contributed by atoms with Crippen LogP contribution in [0.3, 0.4) is 0 Å². The first-order valence-electron chi connectivity index (χ1n) is 8.71. The smallest absolute Gasteiger partial charge is 0.253 e. The number of rotatable bonds is 4. The summed E-state index contributed by atoms with van der Waals surface area (Å²) in [5.74, 6) is -0.135. The van der Waals surface area contributed by atoms with Gasteiger partial charge in [0.15, 0.2) is 0 Å². The van der Waals surface area contributed by atoms with E-state index in [0.29, 0.717) is 18.7 Å². The molecule has 6 heteroatoms. The van der Waals surface area contributed by atoms with E-state index < -0.39 is 0 Å². The third-order valence-corrected chi connectivity index (χ3v) is 4.63. The van der Waals surface area contributed by atoms with E-state index in [1.54, 1.807) is 0 Å². The third kappa shape index (κ3) is 5.27. The topological polar surface area (TPSA) is 49.6 Å². The van der Waals surface area contributed by atoms with Crippen LogP contribution in [0.25, 0.3) is 0 Å². The van der Waals surface area contributed by atoms with Gasteiger partial charge in [-0.05, 0) is 41.8 Å². The Kier molecular flexibility index (Phi) is 7.57. The molecule has 0 unspecified atom stereocenters. The molecule has 0 aromatic heterocycles. The van der Waals surface area contributed by atoms with Gasteiger partial charge in [0.1, 0.15) is 5.82 Å². The lowest BCUT2D eigenvalue weighted by Gasteiger charge is -2.22. The highest BCUT2D eigenvalue weighted by molar-refractivity contribution is 5.94. The molecule has 0 atom stereocenters. The van der Waals surface area contributed by atoms with Gasteiger partial charge in [0.25, 0.3) is 5.91 Å². The van der Waals surface area contributed by atoms with Gasteiger partial charge in [-0.2, -0.15) is 0 Å². The summed E-state index contributed by atoms with van der Waals surface area (Å²) in [5.41, 5.74) is 8.44. The minimum absolute atomic E-state index is 0. The molecule has 0 saturated carbocycles. The van der Waals surface area contributed by atoms with Crippen LogP contribution in [0, 0.1) is 5.82 Å². The predicted octanol–water partition coefficient (Wildman–Crippen LogP) is 3.05. The summed E-state index contributed by atoms with van der Waals surface area (Å²) in [4.78, 5) is 16.9. The second-order valence-electron chi connectivity index (χ2n) is 6.45. The molecule has 0 spiro atoms. The Balaban J connectivity index is 0.00000243. The fourth-order valence-electron chi connectivity index (χ4n) is 3.15. The number of benzene rings is 2. The van der Waals surface area contributed by atoms with Crippen molar-refractivity contribution in [1.82, 2.24) is 9.80 Å². The number of carbonyl (C=O) groups is 1. The van der Waals surface area contributed by atoms with E-state index in [2.05, 4.69) is 4.90 Å². The van der Waals surface area contributed by atoms with Gasteiger partial charge in [-0.15, -0.1) is 12.4 Å². The molecular weight excluding hydrogens is 353 g/mol. The molecule has 2 aromatic carbocycles. The van der Waals surface area contributed by atoms with Gasteiger partial charge < -0.3 is 10.6 Å². The Hall–Kier alpha value is -1.95. The lowest BCUT2D eigenvalue weighted by atomic mass is 10.1. The highest BCUT2D eigenvalue weighted by Gasteiger charge is 2.20. The van der Waals surface area contributed by atoms with Crippen LogP contribution in [0.1, 0.15) is 27.9 Å². The third-order valence-electron chi connectivity index (χ3n) is 4.63. The zero-order valence-electron chi connectivity index (χ0n) is 14.7. The Bertz CT molecular complexity index is 706. The molecule has 3 rings (SSSR count). The van der Waals surface area contributed by atoms with Crippen molar-refractivity contribution in [2.45, 2.75) is 19.5 Å². The fraction of sp³-hybridized carbons (Fsp3) is 0.350. The molecule has 2 N–H and O–H groups in total. The lowest BCUT2D eigenvalue weighted by Crippen LogP contribution is -2.35. The maximum Gasteiger partial charge on any atom is 0.253 e. The Morgan fingerprint density at radius 3 is 2.23 bits per heavy atom. The molecule has 4 nitrogen and oxygen atoms in total. The average molecular weight is 378 g/mol. The van der Waals surface area contributed by atoms with Crippen LogP contribution >= 0.6 is 12.4 Å². The highest BCUT2D eigenvalue weighted by atomic mass is 35.5. The van der Waals surface area contributed by atoms with Gasteiger partial charge >= 0.3 is 0 Å². The zero-order valence-corrected chi connectivity index (χ0v) is 15.6. The van der Waals surface area contributed by atoms with Crippen molar-refractivity contribution >= 4 is 18.3 Å². The summed E-state index contributed by atoms with van der Waals surface area (Å²) in [6.07, 6.45) is 0.938. The summed E-state index contributed by atoms with van der Waals surface area (Å²) in [7, 11) is 0. The SMILES string of the molecule is Cl.NCc1ccc(C(=O)N2CCCN(Cc3ccc(F)cc3)CC2)cc1. The normalized spacial score (nSPS) is 15.2. The Morgan fingerprint density at radius 1 is 0.923 bits per heavy atom. The molecule has 1 saturated heterocycles. The summed E-state index contributed by atoms with van der Waals surface area (Å²) >= 11 is 0. The number of amides is 1. The average Bonchev–Trinajstić information content (AvgIpc) is 2.89. The van der Waals surface area contributed by atoms with Gasteiger partial charge in [0.2, 0.25) is 0 Å². The number of nitrogens with zero attached hydrogens (tertiary/aromatic N) is 2. The quantitative estimate of drug-likeness (QED) is 0.890. The van der Waals surface area contributed by atoms with Crippen LogP contribution in [0.15, 0.2) is 48.5 Å². The minimum atomic E-state index is -0.211. The van der Waals surface area contributed by atoms with Gasteiger partial charge in [0, 0.05) is 44.8 Å². The van der Waals surface area contributed by atoms with Gasteiger partial charge in [-0.25, -0.2) is 4.39 Å². The van der Waals surface area contributed by atoms with Crippen LogP contribution in [-0.4, -0.2) is 41.9 Å². The molecule has 1 aliphatic rings. The number of hydrogen-bond acceptors (Lipinski definition) is 3. The summed E-state index contributed by atoms with van der Waals surface area (Å²) < 4.78 is 13.0. The molecule has 0 bridgehead atoms. The van der Waals surface area contributed by atoms with Crippen molar-refractivity contribution in [3.8, 4) is 0 Å². The summed E-state index contributed by atoms with van der Waals surface area (Å²) in [6, 6.07) is 14.2. The standard InChI is InChI=1S/C20H24FN3O.ClH/c21-19-8-4-17(5-9-19)15-23-10-1-11-24(13-12-23)20(25)18-6-2-16(14-22)3-7-18;/h2-9H,1,10-15,22H2;1H. The molecule has 0 aliphatic carbocycles. The van der Waals surface area contributed by atoms with Crippen molar-refractivity contribution in [3.05, 3.63) is 71.0 Å². The molecular formula is C20H25ClFN3O. The van der Waals surface area contributed by atoms with Crippen molar-refractivity contribution in [2.24, 2.45) is 5.73 Å². The van der Waals surface area contributed by atoms with Crippen LogP contribution in [-0.2, 0) is 13.1 Å². The zero-order chi connectivity index (χ0) is 17.6. The maximum atomic E-state index is 13.0. The fourth-order valence-corrected chi connectivity index (χ4v) is 3.15. The molecule has 0 radical (unpaired) electrons. The van der Waals surface area contributed by atoms with E-state index in [0.717, 1.165) is 43.7 Å². The van der Waals surface area contributed by atoms with Crippen molar-refractivity contribution < 1.29 is 9.18 Å². The number of hydrogen-bond donors (Lipinski definition) is 1. The van der Waals surface area contributed by atoms with Crippen LogP contribution in [0.5, 0.6) is 0 Å². The largest absolute Gasteiger partial charge is 0.337 e. The van der Waals surface area contributed by atoms with E-state index in [1.807, 2.05) is 41.3 Å². The van der Waals surface area contributed by atoms with Gasteiger partial charge in [-0.1, -0.05) is 24.3 Å². The van der Waals surface area contributed by atoms with E-state index in [-0.39, 0.29) is 24.1 Å². The monoisotopic (exact) mass is 377 g/mol. The first-order valence-corrected chi connectivity index (χ1v) is 8.71. The first-order chi connectivity index (χ1) is 12.2. The van der Waals surface area contributed by atoms with Crippen molar-refractivity contribution in [3.63, 3.8) is 0 Å². The predicted molar refractivity (Wildman–Crippen MR) is 104 cm³/mol. The van der Waals surface area contributed by atoms with Crippen LogP contribution in [0.2, 0.25) is 0 Å². The Morgan fingerprint density at radius 2 is 1.58 bits per heavy atom. The van der Waals surface area contributed by atoms with Gasteiger partial charge in [-0.3, -0.25) is 9.69 Å². The van der Waals surface area contributed by atoms with Crippen LogP contribution in [0.4, 0.5) is 4.39 Å².